The van der Waals surface area contributed by atoms with Crippen LogP contribution in [-0.2, 0) is 4.79 Å². The average Bonchev–Trinajstić information content (AvgIpc) is 3.52. The number of thioether (sulfide) groups is 1. The lowest BCUT2D eigenvalue weighted by Gasteiger charge is -2.17. The molecule has 0 aliphatic heterocycles. The first-order valence-electron chi connectivity index (χ1n) is 14.1. The first kappa shape index (κ1) is 29.8. The number of carbonyl (C=O) groups is 3. The van der Waals surface area contributed by atoms with E-state index in [1.165, 1.54) is 29.2 Å². The number of amides is 2. The number of fused-ring (bicyclic) bond motifs is 1. The van der Waals surface area contributed by atoms with E-state index in [0.29, 0.717) is 21.6 Å². The summed E-state index contributed by atoms with van der Waals surface area (Å²) >= 11 is 2.73. The molecule has 6 rings (SSSR count). The number of anilines is 2. The van der Waals surface area contributed by atoms with E-state index >= 15 is 0 Å². The predicted octanol–water partition coefficient (Wildman–Crippen LogP) is 8.69. The highest BCUT2D eigenvalue weighted by Gasteiger charge is 2.24. The molecule has 1 atom stereocenters. The van der Waals surface area contributed by atoms with Crippen LogP contribution in [0, 0.1) is 6.92 Å². The highest BCUT2D eigenvalue weighted by atomic mass is 32.2. The van der Waals surface area contributed by atoms with Crippen LogP contribution >= 0.6 is 23.1 Å². The maximum absolute atomic E-state index is 13.7. The summed E-state index contributed by atoms with van der Waals surface area (Å²) in [6.45, 7) is 2.03. The molecule has 1 aromatic heterocycles. The van der Waals surface area contributed by atoms with Crippen LogP contribution in [0.1, 0.15) is 37.1 Å². The van der Waals surface area contributed by atoms with Crippen LogP contribution in [0.25, 0.3) is 22.0 Å². The number of carboxylic acids is 1. The monoisotopic (exact) mass is 629 g/mol. The lowest BCUT2D eigenvalue weighted by Crippen LogP contribution is -2.19. The van der Waals surface area contributed by atoms with Gasteiger partial charge in [-0.2, -0.15) is 0 Å². The number of benzene rings is 5. The number of hydrogen-bond donors (Lipinski definition) is 3. The Morgan fingerprint density at radius 1 is 0.800 bits per heavy atom. The van der Waals surface area contributed by atoms with Crippen LogP contribution in [0.4, 0.5) is 10.8 Å². The molecular formula is C36H27N3O4S2. The number of rotatable bonds is 9. The number of aromatic carboxylic acids is 1. The number of thiazole rings is 1. The number of carboxylic acid groups (broad SMARTS) is 1. The van der Waals surface area contributed by atoms with Crippen molar-refractivity contribution in [1.82, 2.24) is 4.98 Å². The van der Waals surface area contributed by atoms with Gasteiger partial charge in [-0.3, -0.25) is 9.59 Å². The van der Waals surface area contributed by atoms with Crippen LogP contribution in [0.5, 0.6) is 0 Å². The maximum atomic E-state index is 13.7. The maximum Gasteiger partial charge on any atom is 0.336 e. The molecule has 3 N–H and O–H groups in total. The Balaban J connectivity index is 1.23. The Labute approximate surface area is 268 Å². The molecule has 2 amide bonds. The van der Waals surface area contributed by atoms with Crippen LogP contribution in [0.2, 0.25) is 0 Å². The van der Waals surface area contributed by atoms with Gasteiger partial charge in [-0.1, -0.05) is 90.5 Å². The standard InChI is InChI=1S/C36H27N3O4S2/c1-22-16-18-23(19-17-22)30-21-44-36(38-30)39-34(41)32(25-8-3-2-4-9-25)45-27-13-7-12-26(20-27)37-33(40)28-14-5-10-24-11-6-15-29(31(24)28)35(42)43/h2-21,32H,1H3,(H,37,40)(H,42,43)(H,38,39,41). The van der Waals surface area contributed by atoms with E-state index in [2.05, 4.69) is 15.6 Å². The van der Waals surface area contributed by atoms with Crippen LogP contribution in [0.15, 0.2) is 126 Å². The molecule has 6 aromatic rings. The summed E-state index contributed by atoms with van der Waals surface area (Å²) in [7, 11) is 0. The summed E-state index contributed by atoms with van der Waals surface area (Å²) in [5, 5.41) is 18.5. The molecule has 0 radical (unpaired) electrons. The van der Waals surface area contributed by atoms with Crippen LogP contribution < -0.4 is 10.6 Å². The van der Waals surface area contributed by atoms with Gasteiger partial charge in [0.15, 0.2) is 5.13 Å². The fraction of sp³-hybridized carbons (Fsp3) is 0.0556. The molecule has 0 fully saturated rings. The zero-order valence-electron chi connectivity index (χ0n) is 24.1. The molecule has 7 nitrogen and oxygen atoms in total. The summed E-state index contributed by atoms with van der Waals surface area (Å²) in [6, 6.07) is 34.8. The summed E-state index contributed by atoms with van der Waals surface area (Å²) in [5.74, 6) is -1.75. The lowest BCUT2D eigenvalue weighted by molar-refractivity contribution is -0.115. The first-order chi connectivity index (χ1) is 21.9. The molecule has 0 saturated heterocycles. The molecule has 5 aromatic carbocycles. The van der Waals surface area contributed by atoms with Gasteiger partial charge >= 0.3 is 5.97 Å². The van der Waals surface area contributed by atoms with Crippen molar-refractivity contribution >= 4 is 62.5 Å². The Morgan fingerprint density at radius 3 is 2.24 bits per heavy atom. The van der Waals surface area contributed by atoms with E-state index < -0.39 is 17.1 Å². The van der Waals surface area contributed by atoms with Crippen molar-refractivity contribution in [2.75, 3.05) is 10.6 Å². The van der Waals surface area contributed by atoms with Crippen molar-refractivity contribution in [1.29, 1.82) is 0 Å². The Morgan fingerprint density at radius 2 is 1.51 bits per heavy atom. The smallest absolute Gasteiger partial charge is 0.336 e. The van der Waals surface area contributed by atoms with Gasteiger partial charge in [0.25, 0.3) is 5.91 Å². The molecule has 45 heavy (non-hydrogen) atoms. The summed E-state index contributed by atoms with van der Waals surface area (Å²) < 4.78 is 0. The highest BCUT2D eigenvalue weighted by Crippen LogP contribution is 2.38. The molecule has 0 saturated carbocycles. The van der Waals surface area contributed by atoms with Crippen molar-refractivity contribution in [3.8, 4) is 11.3 Å². The van der Waals surface area contributed by atoms with Gasteiger partial charge in [-0.15, -0.1) is 23.1 Å². The number of carbonyl (C=O) groups excluding carboxylic acids is 2. The molecule has 1 heterocycles. The second kappa shape index (κ2) is 13.2. The molecule has 1 unspecified atom stereocenters. The fourth-order valence-electron chi connectivity index (χ4n) is 4.95. The summed E-state index contributed by atoms with van der Waals surface area (Å²) in [6.07, 6.45) is 0. The van der Waals surface area contributed by atoms with Gasteiger partial charge in [0.1, 0.15) is 5.25 Å². The van der Waals surface area contributed by atoms with Crippen molar-refractivity contribution < 1.29 is 19.5 Å². The van der Waals surface area contributed by atoms with Crippen molar-refractivity contribution in [2.45, 2.75) is 17.1 Å². The molecule has 0 bridgehead atoms. The highest BCUT2D eigenvalue weighted by molar-refractivity contribution is 8.00. The molecule has 9 heteroatoms. The van der Waals surface area contributed by atoms with Gasteiger partial charge in [0.2, 0.25) is 5.91 Å². The van der Waals surface area contributed by atoms with Crippen LogP contribution in [-0.4, -0.2) is 27.9 Å². The molecule has 222 valence electrons. The molecule has 0 aliphatic carbocycles. The van der Waals surface area contributed by atoms with E-state index in [1.54, 1.807) is 48.5 Å². The number of aryl methyl sites for hydroxylation is 1. The topological polar surface area (TPSA) is 108 Å². The van der Waals surface area contributed by atoms with E-state index in [4.69, 9.17) is 0 Å². The third kappa shape index (κ3) is 6.80. The lowest BCUT2D eigenvalue weighted by atomic mass is 9.98. The first-order valence-corrected chi connectivity index (χ1v) is 15.8. The van der Waals surface area contributed by atoms with E-state index in [-0.39, 0.29) is 17.0 Å². The Kier molecular flexibility index (Phi) is 8.72. The van der Waals surface area contributed by atoms with Crippen LogP contribution in [0.3, 0.4) is 0 Å². The third-order valence-electron chi connectivity index (χ3n) is 7.15. The van der Waals surface area contributed by atoms with Crippen molar-refractivity contribution in [2.24, 2.45) is 0 Å². The quantitative estimate of drug-likeness (QED) is 0.138. The summed E-state index contributed by atoms with van der Waals surface area (Å²) in [4.78, 5) is 44.4. The molecule has 0 aliphatic rings. The van der Waals surface area contributed by atoms with Crippen molar-refractivity contribution in [3.05, 3.63) is 143 Å². The molecular weight excluding hydrogens is 603 g/mol. The largest absolute Gasteiger partial charge is 0.478 e. The van der Waals surface area contributed by atoms with E-state index in [1.807, 2.05) is 73.0 Å². The minimum absolute atomic E-state index is 0.0606. The fourth-order valence-corrected chi connectivity index (χ4v) is 6.76. The Bertz CT molecular complexity index is 2020. The SMILES string of the molecule is Cc1ccc(-c2csc(NC(=O)C(Sc3cccc(NC(=O)c4cccc5cccc(C(=O)O)c45)c3)c3ccccc3)n2)cc1. The number of hydrogen-bond acceptors (Lipinski definition) is 6. The predicted molar refractivity (Wildman–Crippen MR) is 181 cm³/mol. The minimum atomic E-state index is -1.10. The third-order valence-corrected chi connectivity index (χ3v) is 9.15. The number of nitrogens with zero attached hydrogens (tertiary/aromatic N) is 1. The normalized spacial score (nSPS) is 11.6. The van der Waals surface area contributed by atoms with Gasteiger partial charge < -0.3 is 15.7 Å². The summed E-state index contributed by atoms with van der Waals surface area (Å²) in [5.41, 5.74) is 4.60. The second-order valence-corrected chi connectivity index (χ2v) is 12.3. The average molecular weight is 630 g/mol. The second-order valence-electron chi connectivity index (χ2n) is 10.3. The van der Waals surface area contributed by atoms with Crippen molar-refractivity contribution in [3.63, 3.8) is 0 Å². The number of aromatic nitrogens is 1. The van der Waals surface area contributed by atoms with Gasteiger partial charge in [-0.25, -0.2) is 9.78 Å². The zero-order chi connectivity index (χ0) is 31.3. The van der Waals surface area contributed by atoms with E-state index in [9.17, 15) is 19.5 Å². The molecule has 0 spiro atoms. The number of nitrogens with one attached hydrogen (secondary N) is 2. The van der Waals surface area contributed by atoms with Gasteiger partial charge in [0, 0.05) is 32.5 Å². The van der Waals surface area contributed by atoms with E-state index in [0.717, 1.165) is 27.3 Å². The van der Waals surface area contributed by atoms with Gasteiger partial charge in [-0.05, 0) is 48.2 Å². The zero-order valence-corrected chi connectivity index (χ0v) is 25.7. The Hall–Kier alpha value is -5.25. The van der Waals surface area contributed by atoms with Gasteiger partial charge in [0.05, 0.1) is 11.3 Å². The minimum Gasteiger partial charge on any atom is -0.478 e.